The van der Waals surface area contributed by atoms with E-state index in [1.165, 1.54) is 7.11 Å². The zero-order valence-corrected chi connectivity index (χ0v) is 15.0. The first-order valence-electron chi connectivity index (χ1n) is 8.18. The van der Waals surface area contributed by atoms with E-state index in [0.29, 0.717) is 23.1 Å². The molecular weight excluding hydrogens is 356 g/mol. The van der Waals surface area contributed by atoms with Gasteiger partial charge in [0.25, 0.3) is 5.91 Å². The van der Waals surface area contributed by atoms with Crippen molar-refractivity contribution in [3.63, 3.8) is 0 Å². The fraction of sp³-hybridized carbons (Fsp3) is 0.263. The molecule has 1 heterocycles. The number of nitrogens with one attached hydrogen (secondary N) is 1. The number of hydrogen-bond acceptors (Lipinski definition) is 4. The fourth-order valence-corrected chi connectivity index (χ4v) is 2.95. The van der Waals surface area contributed by atoms with Gasteiger partial charge >= 0.3 is 0 Å². The highest BCUT2D eigenvalue weighted by Gasteiger charge is 2.31. The Morgan fingerprint density at radius 3 is 2.58 bits per heavy atom. The number of rotatable bonds is 6. The van der Waals surface area contributed by atoms with Gasteiger partial charge < -0.3 is 19.7 Å². The smallest absolute Gasteiger partial charge is 0.258 e. The highest BCUT2D eigenvalue weighted by Crippen LogP contribution is 2.26. The maximum Gasteiger partial charge on any atom is 0.258 e. The largest absolute Gasteiger partial charge is 0.493 e. The Kier molecular flexibility index (Phi) is 5.63. The van der Waals surface area contributed by atoms with E-state index in [-0.39, 0.29) is 30.9 Å². The molecule has 0 saturated carbocycles. The average molecular weight is 375 g/mol. The molecule has 1 fully saturated rings. The van der Waals surface area contributed by atoms with Gasteiger partial charge in [-0.2, -0.15) is 0 Å². The topological polar surface area (TPSA) is 67.9 Å². The second-order valence-corrected chi connectivity index (χ2v) is 6.33. The number of carbonyl (C=O) groups is 2. The van der Waals surface area contributed by atoms with E-state index < -0.39 is 0 Å². The lowest BCUT2D eigenvalue weighted by molar-refractivity contribution is -0.123. The summed E-state index contributed by atoms with van der Waals surface area (Å²) in [5.41, 5.74) is 0.765. The van der Waals surface area contributed by atoms with Crippen LogP contribution in [0.1, 0.15) is 6.42 Å². The summed E-state index contributed by atoms with van der Waals surface area (Å²) < 4.78 is 10.7. The van der Waals surface area contributed by atoms with Gasteiger partial charge in [0.2, 0.25) is 5.91 Å². The van der Waals surface area contributed by atoms with Crippen LogP contribution < -0.4 is 19.7 Å². The summed E-state index contributed by atoms with van der Waals surface area (Å²) in [6.07, 6.45) is 0.253. The molecule has 0 aromatic heterocycles. The molecule has 1 atom stereocenters. The van der Waals surface area contributed by atoms with Crippen LogP contribution in [0.15, 0.2) is 48.5 Å². The van der Waals surface area contributed by atoms with E-state index in [4.69, 9.17) is 21.1 Å². The van der Waals surface area contributed by atoms with Crippen molar-refractivity contribution in [2.75, 3.05) is 25.2 Å². The molecule has 0 bridgehead atoms. The summed E-state index contributed by atoms with van der Waals surface area (Å²) in [7, 11) is 1.54. The quantitative estimate of drug-likeness (QED) is 0.844. The van der Waals surface area contributed by atoms with Crippen LogP contribution in [0.3, 0.4) is 0 Å². The molecule has 26 heavy (non-hydrogen) atoms. The van der Waals surface area contributed by atoms with Crippen LogP contribution in [0, 0.1) is 0 Å². The molecular formula is C19H19ClN2O4. The molecule has 0 radical (unpaired) electrons. The van der Waals surface area contributed by atoms with Crippen molar-refractivity contribution >= 4 is 29.1 Å². The molecule has 7 heteroatoms. The van der Waals surface area contributed by atoms with Gasteiger partial charge in [0.15, 0.2) is 18.1 Å². The van der Waals surface area contributed by atoms with Crippen LogP contribution in [0.4, 0.5) is 5.69 Å². The fourth-order valence-electron chi connectivity index (χ4n) is 2.83. The molecule has 2 amide bonds. The number of hydrogen-bond donors (Lipinski definition) is 1. The number of methoxy groups -OCH3 is 1. The summed E-state index contributed by atoms with van der Waals surface area (Å²) >= 11 is 5.88. The molecule has 3 rings (SSSR count). The molecule has 0 aliphatic carbocycles. The highest BCUT2D eigenvalue weighted by atomic mass is 35.5. The maximum atomic E-state index is 12.2. The molecule has 1 aliphatic rings. The molecule has 1 saturated heterocycles. The third-order valence-corrected chi connectivity index (χ3v) is 4.31. The molecule has 6 nitrogen and oxygen atoms in total. The summed E-state index contributed by atoms with van der Waals surface area (Å²) in [6.45, 7) is 0.271. The van der Waals surface area contributed by atoms with Crippen molar-refractivity contribution in [3.05, 3.63) is 53.6 Å². The predicted molar refractivity (Wildman–Crippen MR) is 98.8 cm³/mol. The van der Waals surface area contributed by atoms with Gasteiger partial charge in [-0.3, -0.25) is 9.59 Å². The van der Waals surface area contributed by atoms with Gasteiger partial charge in [-0.05, 0) is 36.4 Å². The van der Waals surface area contributed by atoms with Gasteiger partial charge in [0, 0.05) is 23.7 Å². The number of halogens is 1. The molecule has 136 valence electrons. The van der Waals surface area contributed by atoms with Crippen molar-refractivity contribution < 1.29 is 19.1 Å². The van der Waals surface area contributed by atoms with Gasteiger partial charge in [-0.25, -0.2) is 0 Å². The third-order valence-electron chi connectivity index (χ3n) is 4.06. The predicted octanol–water partition coefficient (Wildman–Crippen LogP) is 2.65. The van der Waals surface area contributed by atoms with E-state index >= 15 is 0 Å². The molecule has 2 aromatic rings. The number of amides is 2. The van der Waals surface area contributed by atoms with Crippen LogP contribution in [0.2, 0.25) is 5.02 Å². The molecule has 1 N–H and O–H groups in total. The Balaban J connectivity index is 1.53. The minimum atomic E-state index is -0.285. The van der Waals surface area contributed by atoms with Crippen molar-refractivity contribution in [3.8, 4) is 11.5 Å². The first kappa shape index (κ1) is 18.1. The average Bonchev–Trinajstić information content (AvgIpc) is 3.01. The van der Waals surface area contributed by atoms with Gasteiger partial charge in [-0.1, -0.05) is 23.7 Å². The second kappa shape index (κ2) is 8.10. The Morgan fingerprint density at radius 1 is 1.19 bits per heavy atom. The Hall–Kier alpha value is -2.73. The van der Waals surface area contributed by atoms with Gasteiger partial charge in [0.1, 0.15) is 0 Å². The minimum Gasteiger partial charge on any atom is -0.493 e. The van der Waals surface area contributed by atoms with Crippen molar-refractivity contribution in [2.45, 2.75) is 12.5 Å². The van der Waals surface area contributed by atoms with E-state index in [1.807, 2.05) is 6.07 Å². The summed E-state index contributed by atoms with van der Waals surface area (Å²) in [5.74, 6) is 0.732. The Bertz CT molecular complexity index is 794. The van der Waals surface area contributed by atoms with Crippen LogP contribution in [-0.2, 0) is 9.59 Å². The lowest BCUT2D eigenvalue weighted by Gasteiger charge is -2.17. The van der Waals surface area contributed by atoms with Crippen LogP contribution in [0.25, 0.3) is 0 Å². The number of para-hydroxylation sites is 2. The molecule has 0 unspecified atom stereocenters. The van der Waals surface area contributed by atoms with E-state index in [9.17, 15) is 9.59 Å². The second-order valence-electron chi connectivity index (χ2n) is 5.89. The van der Waals surface area contributed by atoms with Crippen molar-refractivity contribution in [2.24, 2.45) is 0 Å². The molecule has 1 aliphatic heterocycles. The first-order valence-corrected chi connectivity index (χ1v) is 8.55. The SMILES string of the molecule is COc1ccccc1OCC(=O)N[C@@H]1CC(=O)N(c2ccc(Cl)cc2)C1. The van der Waals surface area contributed by atoms with Crippen LogP contribution >= 0.6 is 11.6 Å². The Morgan fingerprint density at radius 2 is 1.88 bits per heavy atom. The lowest BCUT2D eigenvalue weighted by Crippen LogP contribution is -2.39. The number of nitrogens with zero attached hydrogens (tertiary/aromatic N) is 1. The molecule has 0 spiro atoms. The Labute approximate surface area is 156 Å². The first-order chi connectivity index (χ1) is 12.6. The standard InChI is InChI=1S/C19H19ClN2O4/c1-25-16-4-2-3-5-17(16)26-12-18(23)21-14-10-19(24)22(11-14)15-8-6-13(20)7-9-15/h2-9,14H,10-12H2,1H3,(H,21,23)/t14-/m1/s1. The van der Waals surface area contributed by atoms with Gasteiger partial charge in [-0.15, -0.1) is 0 Å². The van der Waals surface area contributed by atoms with Crippen LogP contribution in [-0.4, -0.2) is 38.1 Å². The maximum absolute atomic E-state index is 12.2. The zero-order chi connectivity index (χ0) is 18.5. The normalized spacial score (nSPS) is 16.5. The summed E-state index contributed by atoms with van der Waals surface area (Å²) in [5, 5.41) is 3.44. The van der Waals surface area contributed by atoms with E-state index in [2.05, 4.69) is 5.32 Å². The summed E-state index contributed by atoms with van der Waals surface area (Å²) in [4.78, 5) is 26.0. The third kappa shape index (κ3) is 4.26. The van der Waals surface area contributed by atoms with E-state index in [1.54, 1.807) is 47.4 Å². The number of anilines is 1. The highest BCUT2D eigenvalue weighted by molar-refractivity contribution is 6.30. The van der Waals surface area contributed by atoms with Crippen LogP contribution in [0.5, 0.6) is 11.5 Å². The lowest BCUT2D eigenvalue weighted by atomic mass is 10.2. The number of benzene rings is 2. The zero-order valence-electron chi connectivity index (χ0n) is 14.3. The summed E-state index contributed by atoms with van der Waals surface area (Å²) in [6, 6.07) is 13.9. The van der Waals surface area contributed by atoms with Crippen molar-refractivity contribution in [1.82, 2.24) is 5.32 Å². The monoisotopic (exact) mass is 374 g/mol. The van der Waals surface area contributed by atoms with Crippen molar-refractivity contribution in [1.29, 1.82) is 0 Å². The number of carbonyl (C=O) groups excluding carboxylic acids is 2. The molecule has 2 aromatic carbocycles. The minimum absolute atomic E-state index is 0.0386. The van der Waals surface area contributed by atoms with E-state index in [0.717, 1.165) is 5.69 Å². The number of ether oxygens (including phenoxy) is 2. The van der Waals surface area contributed by atoms with Gasteiger partial charge in [0.05, 0.1) is 13.2 Å².